The van der Waals surface area contributed by atoms with Crippen LogP contribution in [0.3, 0.4) is 0 Å². The molecule has 1 atom stereocenters. The van der Waals surface area contributed by atoms with Crippen LogP contribution in [0.4, 0.5) is 11.6 Å². The Morgan fingerprint density at radius 3 is 2.74 bits per heavy atom. The van der Waals surface area contributed by atoms with Gasteiger partial charge in [0.15, 0.2) is 5.89 Å². The zero-order valence-corrected chi connectivity index (χ0v) is 15.3. The van der Waals surface area contributed by atoms with Gasteiger partial charge in [0, 0.05) is 19.7 Å². The molecule has 1 fully saturated rings. The third kappa shape index (κ3) is 3.53. The predicted molar refractivity (Wildman–Crippen MR) is 101 cm³/mol. The quantitative estimate of drug-likeness (QED) is 0.759. The van der Waals surface area contributed by atoms with Gasteiger partial charge in [-0.25, -0.2) is 15.0 Å². The molecule has 0 aliphatic carbocycles. The first kappa shape index (κ1) is 17.2. The molecule has 138 valence electrons. The number of hydrogen-bond donors (Lipinski definition) is 1. The molecule has 0 saturated carbocycles. The number of carbonyl (C=O) groups excluding carboxylic acids is 1. The smallest absolute Gasteiger partial charge is 0.292 e. The normalized spacial score (nSPS) is 16.5. The van der Waals surface area contributed by atoms with E-state index >= 15 is 0 Å². The van der Waals surface area contributed by atoms with Crippen molar-refractivity contribution in [2.75, 3.05) is 11.9 Å². The lowest BCUT2D eigenvalue weighted by atomic mass is 10.1. The Hall–Kier alpha value is -3.22. The molecule has 3 aromatic heterocycles. The van der Waals surface area contributed by atoms with Gasteiger partial charge in [0.1, 0.15) is 11.6 Å². The zero-order chi connectivity index (χ0) is 18.8. The molecule has 0 bridgehead atoms. The molecule has 3 aromatic rings. The lowest BCUT2D eigenvalue weighted by Gasteiger charge is -2.24. The van der Waals surface area contributed by atoms with E-state index in [1.54, 1.807) is 20.0 Å². The Morgan fingerprint density at radius 2 is 2.00 bits per heavy atom. The zero-order valence-electron chi connectivity index (χ0n) is 15.3. The van der Waals surface area contributed by atoms with Gasteiger partial charge in [-0.2, -0.15) is 0 Å². The predicted octanol–water partition coefficient (Wildman–Crippen LogP) is 3.80. The first-order valence-electron chi connectivity index (χ1n) is 9.02. The van der Waals surface area contributed by atoms with Crippen molar-refractivity contribution in [1.82, 2.24) is 19.9 Å². The summed E-state index contributed by atoms with van der Waals surface area (Å²) in [4.78, 5) is 28.0. The van der Waals surface area contributed by atoms with Gasteiger partial charge in [0.05, 0.1) is 17.4 Å². The van der Waals surface area contributed by atoms with Gasteiger partial charge in [-0.3, -0.25) is 4.79 Å². The van der Waals surface area contributed by atoms with E-state index in [1.165, 1.54) is 0 Å². The molecule has 1 aliphatic rings. The number of anilines is 2. The number of carbonyl (C=O) groups is 1. The van der Waals surface area contributed by atoms with Gasteiger partial charge in [0.25, 0.3) is 5.91 Å². The van der Waals surface area contributed by atoms with Crippen molar-refractivity contribution in [3.8, 4) is 0 Å². The average Bonchev–Trinajstić information content (AvgIpc) is 3.28. The van der Waals surface area contributed by atoms with Crippen LogP contribution in [0.15, 0.2) is 47.0 Å². The van der Waals surface area contributed by atoms with E-state index in [2.05, 4.69) is 15.3 Å². The highest BCUT2D eigenvalue weighted by Gasteiger charge is 2.34. The van der Waals surface area contributed by atoms with E-state index in [4.69, 9.17) is 9.40 Å². The lowest BCUT2D eigenvalue weighted by molar-refractivity contribution is 0.0698. The van der Waals surface area contributed by atoms with Crippen LogP contribution < -0.4 is 5.32 Å². The SMILES string of the molecule is Cc1nc(C)c(C(=O)N2CCCC2c2cccc(Nc3ccccn3)n2)o1. The van der Waals surface area contributed by atoms with E-state index < -0.39 is 0 Å². The van der Waals surface area contributed by atoms with Crippen molar-refractivity contribution < 1.29 is 9.21 Å². The number of aromatic nitrogens is 3. The summed E-state index contributed by atoms with van der Waals surface area (Å²) in [5.74, 6) is 2.14. The summed E-state index contributed by atoms with van der Waals surface area (Å²) in [5.41, 5.74) is 1.48. The van der Waals surface area contributed by atoms with Crippen LogP contribution in [0.5, 0.6) is 0 Å². The number of oxazole rings is 1. The van der Waals surface area contributed by atoms with Crippen LogP contribution >= 0.6 is 0 Å². The highest BCUT2D eigenvalue weighted by atomic mass is 16.4. The molecule has 1 aliphatic heterocycles. The molecule has 1 amide bonds. The first-order valence-corrected chi connectivity index (χ1v) is 9.02. The van der Waals surface area contributed by atoms with Crippen LogP contribution in [0.1, 0.15) is 46.7 Å². The fourth-order valence-corrected chi connectivity index (χ4v) is 3.45. The minimum atomic E-state index is -0.125. The third-order valence-corrected chi connectivity index (χ3v) is 4.64. The molecule has 0 aromatic carbocycles. The number of hydrogen-bond acceptors (Lipinski definition) is 6. The molecular weight excluding hydrogens is 342 g/mol. The molecule has 7 heteroatoms. The van der Waals surface area contributed by atoms with Gasteiger partial charge in [-0.1, -0.05) is 12.1 Å². The third-order valence-electron chi connectivity index (χ3n) is 4.64. The van der Waals surface area contributed by atoms with Crippen LogP contribution in [-0.4, -0.2) is 32.3 Å². The number of rotatable bonds is 4. The van der Waals surface area contributed by atoms with E-state index in [9.17, 15) is 4.79 Å². The summed E-state index contributed by atoms with van der Waals surface area (Å²) in [5, 5.41) is 3.20. The maximum absolute atomic E-state index is 13.0. The monoisotopic (exact) mass is 363 g/mol. The summed E-state index contributed by atoms with van der Waals surface area (Å²) in [6.07, 6.45) is 3.53. The minimum absolute atomic E-state index is 0.0761. The van der Waals surface area contributed by atoms with Crippen molar-refractivity contribution in [2.45, 2.75) is 32.7 Å². The largest absolute Gasteiger partial charge is 0.436 e. The van der Waals surface area contributed by atoms with Gasteiger partial charge in [-0.05, 0) is 44.0 Å². The van der Waals surface area contributed by atoms with Crippen LogP contribution in [-0.2, 0) is 0 Å². The second-order valence-electron chi connectivity index (χ2n) is 6.59. The van der Waals surface area contributed by atoms with E-state index in [1.807, 2.05) is 41.3 Å². The average molecular weight is 363 g/mol. The Balaban J connectivity index is 1.58. The minimum Gasteiger partial charge on any atom is -0.436 e. The number of nitrogens with zero attached hydrogens (tertiary/aromatic N) is 4. The molecular formula is C20H21N5O2. The van der Waals surface area contributed by atoms with Gasteiger partial charge < -0.3 is 14.6 Å². The Labute approximate surface area is 157 Å². The lowest BCUT2D eigenvalue weighted by Crippen LogP contribution is -2.31. The van der Waals surface area contributed by atoms with Gasteiger partial charge in [-0.15, -0.1) is 0 Å². The molecule has 1 N–H and O–H groups in total. The Bertz CT molecular complexity index is 954. The van der Waals surface area contributed by atoms with E-state index in [0.717, 1.165) is 24.4 Å². The number of nitrogens with one attached hydrogen (secondary N) is 1. The van der Waals surface area contributed by atoms with Crippen molar-refractivity contribution in [3.63, 3.8) is 0 Å². The second-order valence-corrected chi connectivity index (χ2v) is 6.59. The van der Waals surface area contributed by atoms with Gasteiger partial charge in [0.2, 0.25) is 5.76 Å². The van der Waals surface area contributed by atoms with Crippen molar-refractivity contribution in [3.05, 3.63) is 65.6 Å². The van der Waals surface area contributed by atoms with Crippen molar-refractivity contribution in [2.24, 2.45) is 0 Å². The summed E-state index contributed by atoms with van der Waals surface area (Å²) in [6.45, 7) is 4.23. The molecule has 7 nitrogen and oxygen atoms in total. The fraction of sp³-hybridized carbons (Fsp3) is 0.300. The molecule has 4 heterocycles. The van der Waals surface area contributed by atoms with Crippen LogP contribution in [0.25, 0.3) is 0 Å². The second kappa shape index (κ2) is 7.19. The maximum Gasteiger partial charge on any atom is 0.292 e. The Morgan fingerprint density at radius 1 is 1.15 bits per heavy atom. The molecule has 0 radical (unpaired) electrons. The molecule has 0 spiro atoms. The van der Waals surface area contributed by atoms with Crippen molar-refractivity contribution in [1.29, 1.82) is 0 Å². The van der Waals surface area contributed by atoms with E-state index in [0.29, 0.717) is 29.7 Å². The number of aryl methyl sites for hydroxylation is 2. The van der Waals surface area contributed by atoms with Gasteiger partial charge >= 0.3 is 0 Å². The standard InChI is InChI=1S/C20H21N5O2/c1-13-19(27-14(2)22-13)20(26)25-12-6-8-16(25)15-7-5-10-18(23-15)24-17-9-3-4-11-21-17/h3-5,7,9-11,16H,6,8,12H2,1-2H3,(H,21,23,24). The Kier molecular flexibility index (Phi) is 4.58. The summed E-state index contributed by atoms with van der Waals surface area (Å²) >= 11 is 0. The number of pyridine rings is 2. The molecule has 4 rings (SSSR count). The highest BCUT2D eigenvalue weighted by molar-refractivity contribution is 5.93. The molecule has 1 saturated heterocycles. The molecule has 27 heavy (non-hydrogen) atoms. The highest BCUT2D eigenvalue weighted by Crippen LogP contribution is 2.33. The summed E-state index contributed by atoms with van der Waals surface area (Å²) < 4.78 is 5.53. The fourth-order valence-electron chi connectivity index (χ4n) is 3.45. The summed E-state index contributed by atoms with van der Waals surface area (Å²) in [6, 6.07) is 11.4. The topological polar surface area (TPSA) is 84.2 Å². The van der Waals surface area contributed by atoms with E-state index in [-0.39, 0.29) is 11.9 Å². The number of likely N-dealkylation sites (tertiary alicyclic amines) is 1. The number of amides is 1. The van der Waals surface area contributed by atoms with Crippen LogP contribution in [0.2, 0.25) is 0 Å². The maximum atomic E-state index is 13.0. The summed E-state index contributed by atoms with van der Waals surface area (Å²) in [7, 11) is 0. The molecule has 1 unspecified atom stereocenters. The first-order chi connectivity index (χ1) is 13.1. The van der Waals surface area contributed by atoms with Crippen LogP contribution in [0, 0.1) is 13.8 Å². The van der Waals surface area contributed by atoms with Crippen molar-refractivity contribution >= 4 is 17.5 Å².